The normalized spacial score (nSPS) is 24.1. The predicted molar refractivity (Wildman–Crippen MR) is 115 cm³/mol. The molecular formula is C23H32N4O2. The number of hydrogen-bond acceptors (Lipinski definition) is 5. The SMILES string of the molecule is CN1CCN([C@@H]2CCN(C(=O)c3cccc4cnccc34)C[C@@H]2CCCO)CC1. The number of benzene rings is 1. The van der Waals surface area contributed by atoms with Gasteiger partial charge in [-0.3, -0.25) is 14.7 Å². The Labute approximate surface area is 173 Å². The molecule has 6 heteroatoms. The van der Waals surface area contributed by atoms with Crippen molar-refractivity contribution in [1.29, 1.82) is 0 Å². The fourth-order valence-corrected chi connectivity index (χ4v) is 4.96. The lowest BCUT2D eigenvalue weighted by Crippen LogP contribution is -2.56. The van der Waals surface area contributed by atoms with Gasteiger partial charge in [0, 0.05) is 75.3 Å². The molecule has 1 amide bonds. The van der Waals surface area contributed by atoms with Crippen molar-refractivity contribution in [2.45, 2.75) is 25.3 Å². The number of piperazine rings is 1. The first-order chi connectivity index (χ1) is 14.2. The summed E-state index contributed by atoms with van der Waals surface area (Å²) in [4.78, 5) is 24.6. The van der Waals surface area contributed by atoms with Gasteiger partial charge in [-0.2, -0.15) is 0 Å². The smallest absolute Gasteiger partial charge is 0.254 e. The molecular weight excluding hydrogens is 364 g/mol. The van der Waals surface area contributed by atoms with Gasteiger partial charge in [-0.1, -0.05) is 12.1 Å². The van der Waals surface area contributed by atoms with Crippen LogP contribution in [0, 0.1) is 5.92 Å². The van der Waals surface area contributed by atoms with E-state index in [1.54, 1.807) is 6.20 Å². The number of carbonyl (C=O) groups is 1. The van der Waals surface area contributed by atoms with Gasteiger partial charge < -0.3 is 14.9 Å². The number of likely N-dealkylation sites (tertiary alicyclic amines) is 1. The minimum absolute atomic E-state index is 0.118. The molecule has 2 aliphatic heterocycles. The maximum Gasteiger partial charge on any atom is 0.254 e. The topological polar surface area (TPSA) is 59.9 Å². The van der Waals surface area contributed by atoms with Gasteiger partial charge >= 0.3 is 0 Å². The maximum atomic E-state index is 13.4. The van der Waals surface area contributed by atoms with E-state index in [1.165, 1.54) is 0 Å². The van der Waals surface area contributed by atoms with E-state index in [0.29, 0.717) is 12.0 Å². The Morgan fingerprint density at radius 3 is 2.79 bits per heavy atom. The largest absolute Gasteiger partial charge is 0.396 e. The van der Waals surface area contributed by atoms with Crippen molar-refractivity contribution in [3.8, 4) is 0 Å². The van der Waals surface area contributed by atoms with Crippen molar-refractivity contribution in [2.75, 3.05) is 52.9 Å². The second-order valence-electron chi connectivity index (χ2n) is 8.47. The highest BCUT2D eigenvalue weighted by atomic mass is 16.3. The Balaban J connectivity index is 1.51. The Morgan fingerprint density at radius 2 is 2.00 bits per heavy atom. The molecule has 0 spiro atoms. The number of carbonyl (C=O) groups excluding carboxylic acids is 1. The first-order valence-electron chi connectivity index (χ1n) is 10.8. The summed E-state index contributed by atoms with van der Waals surface area (Å²) in [6, 6.07) is 8.32. The van der Waals surface area contributed by atoms with E-state index in [1.807, 2.05) is 35.4 Å². The molecule has 2 aliphatic rings. The van der Waals surface area contributed by atoms with Crippen molar-refractivity contribution >= 4 is 16.7 Å². The molecule has 2 atom stereocenters. The first-order valence-corrected chi connectivity index (χ1v) is 10.8. The van der Waals surface area contributed by atoms with Crippen molar-refractivity contribution in [3.63, 3.8) is 0 Å². The monoisotopic (exact) mass is 396 g/mol. The van der Waals surface area contributed by atoms with E-state index in [4.69, 9.17) is 0 Å². The number of rotatable bonds is 5. The average molecular weight is 397 g/mol. The van der Waals surface area contributed by atoms with E-state index in [-0.39, 0.29) is 12.5 Å². The number of aromatic nitrogens is 1. The van der Waals surface area contributed by atoms with E-state index >= 15 is 0 Å². The number of pyridine rings is 1. The van der Waals surface area contributed by atoms with Gasteiger partial charge in [0.25, 0.3) is 5.91 Å². The summed E-state index contributed by atoms with van der Waals surface area (Å²) < 4.78 is 0. The first kappa shape index (κ1) is 20.3. The molecule has 3 heterocycles. The summed E-state index contributed by atoms with van der Waals surface area (Å²) >= 11 is 0. The van der Waals surface area contributed by atoms with Gasteiger partial charge in [-0.15, -0.1) is 0 Å². The number of amides is 1. The number of aliphatic hydroxyl groups is 1. The molecule has 1 N–H and O–H groups in total. The van der Waals surface area contributed by atoms with Gasteiger partial charge in [0.15, 0.2) is 0 Å². The van der Waals surface area contributed by atoms with Gasteiger partial charge in [-0.25, -0.2) is 0 Å². The maximum absolute atomic E-state index is 13.4. The second-order valence-corrected chi connectivity index (χ2v) is 8.47. The third kappa shape index (κ3) is 4.44. The zero-order valence-corrected chi connectivity index (χ0v) is 17.3. The molecule has 0 unspecified atom stereocenters. The molecule has 0 bridgehead atoms. The molecule has 0 saturated carbocycles. The average Bonchev–Trinajstić information content (AvgIpc) is 2.77. The minimum atomic E-state index is 0.118. The molecule has 4 rings (SSSR count). The minimum Gasteiger partial charge on any atom is -0.396 e. The van der Waals surface area contributed by atoms with Gasteiger partial charge in [-0.05, 0) is 49.7 Å². The molecule has 29 heavy (non-hydrogen) atoms. The highest BCUT2D eigenvalue weighted by molar-refractivity contribution is 6.06. The van der Waals surface area contributed by atoms with E-state index in [0.717, 1.165) is 74.9 Å². The molecule has 2 aromatic rings. The van der Waals surface area contributed by atoms with Crippen molar-refractivity contribution in [3.05, 3.63) is 42.2 Å². The van der Waals surface area contributed by atoms with Crippen LogP contribution in [0.1, 0.15) is 29.6 Å². The third-order valence-electron chi connectivity index (χ3n) is 6.63. The highest BCUT2D eigenvalue weighted by Gasteiger charge is 2.36. The van der Waals surface area contributed by atoms with Crippen molar-refractivity contribution in [2.24, 2.45) is 5.92 Å². The number of piperidine rings is 1. The van der Waals surface area contributed by atoms with E-state index in [9.17, 15) is 9.90 Å². The van der Waals surface area contributed by atoms with Crippen LogP contribution >= 0.6 is 0 Å². The molecule has 0 radical (unpaired) electrons. The van der Waals surface area contributed by atoms with E-state index < -0.39 is 0 Å². The zero-order valence-electron chi connectivity index (χ0n) is 17.3. The van der Waals surface area contributed by atoms with Gasteiger partial charge in [0.1, 0.15) is 0 Å². The number of hydrogen-bond donors (Lipinski definition) is 1. The summed E-state index contributed by atoms with van der Waals surface area (Å²) in [5, 5.41) is 11.4. The van der Waals surface area contributed by atoms with Crippen LogP contribution < -0.4 is 0 Å². The van der Waals surface area contributed by atoms with Crippen LogP contribution in [-0.4, -0.2) is 89.7 Å². The fourth-order valence-electron chi connectivity index (χ4n) is 4.96. The molecule has 0 aliphatic carbocycles. The summed E-state index contributed by atoms with van der Waals surface area (Å²) in [5.74, 6) is 0.535. The molecule has 2 fully saturated rings. The van der Waals surface area contributed by atoms with Crippen LogP contribution in [0.25, 0.3) is 10.8 Å². The Bertz CT molecular complexity index is 829. The molecule has 1 aromatic carbocycles. The molecule has 2 saturated heterocycles. The Kier molecular flexibility index (Phi) is 6.43. The third-order valence-corrected chi connectivity index (χ3v) is 6.63. The van der Waals surface area contributed by atoms with Crippen molar-refractivity contribution < 1.29 is 9.90 Å². The van der Waals surface area contributed by atoms with E-state index in [2.05, 4.69) is 21.8 Å². The van der Waals surface area contributed by atoms with Crippen LogP contribution in [0.5, 0.6) is 0 Å². The molecule has 1 aromatic heterocycles. The second kappa shape index (κ2) is 9.20. The number of fused-ring (bicyclic) bond motifs is 1. The van der Waals surface area contributed by atoms with Gasteiger partial charge in [0.2, 0.25) is 0 Å². The van der Waals surface area contributed by atoms with Crippen LogP contribution in [0.4, 0.5) is 0 Å². The Hall–Kier alpha value is -2.02. The summed E-state index contributed by atoms with van der Waals surface area (Å²) in [6.45, 7) is 6.20. The summed E-state index contributed by atoms with van der Waals surface area (Å²) in [6.07, 6.45) is 6.35. The number of aliphatic hydroxyl groups excluding tert-OH is 1. The van der Waals surface area contributed by atoms with Crippen LogP contribution in [-0.2, 0) is 0 Å². The van der Waals surface area contributed by atoms with Gasteiger partial charge in [0.05, 0.1) is 0 Å². The summed E-state index contributed by atoms with van der Waals surface area (Å²) in [7, 11) is 2.18. The van der Waals surface area contributed by atoms with Crippen LogP contribution in [0.2, 0.25) is 0 Å². The molecule has 6 nitrogen and oxygen atoms in total. The number of likely N-dealkylation sites (N-methyl/N-ethyl adjacent to an activating group) is 1. The van der Waals surface area contributed by atoms with Crippen LogP contribution in [0.15, 0.2) is 36.7 Å². The Morgan fingerprint density at radius 1 is 1.17 bits per heavy atom. The lowest BCUT2D eigenvalue weighted by Gasteiger charge is -2.46. The lowest BCUT2D eigenvalue weighted by molar-refractivity contribution is 0.0218. The van der Waals surface area contributed by atoms with Crippen LogP contribution in [0.3, 0.4) is 0 Å². The quantitative estimate of drug-likeness (QED) is 0.839. The standard InChI is InChI=1S/C23H32N4O2/c1-25-11-13-26(14-12-25)22-8-10-27(17-19(22)5-3-15-28)23(29)21-6-2-4-18-16-24-9-7-20(18)21/h2,4,6-7,9,16,19,22,28H,3,5,8,10-15,17H2,1H3/t19-,22+/m0/s1. The summed E-state index contributed by atoms with van der Waals surface area (Å²) in [5.41, 5.74) is 0.767. The highest BCUT2D eigenvalue weighted by Crippen LogP contribution is 2.29. The fraction of sp³-hybridized carbons (Fsp3) is 0.565. The lowest BCUT2D eigenvalue weighted by atomic mass is 9.86. The number of nitrogens with zero attached hydrogens (tertiary/aromatic N) is 4. The predicted octanol–water partition coefficient (Wildman–Crippen LogP) is 2.09. The van der Waals surface area contributed by atoms with Crippen molar-refractivity contribution in [1.82, 2.24) is 19.7 Å². The zero-order chi connectivity index (χ0) is 20.2. The molecule has 156 valence electrons.